The summed E-state index contributed by atoms with van der Waals surface area (Å²) in [7, 11) is -9.57. The van der Waals surface area contributed by atoms with Crippen molar-refractivity contribution in [2.45, 2.75) is 43.3 Å². The molecule has 4 heterocycles. The Hall–Kier alpha value is -2.03. The number of aliphatic hydroxyl groups excluding tert-OH is 2. The van der Waals surface area contributed by atoms with Crippen LogP contribution in [0.15, 0.2) is 30.5 Å². The van der Waals surface area contributed by atoms with E-state index < -0.39 is 52.1 Å². The molecule has 0 aliphatic carbocycles. The van der Waals surface area contributed by atoms with Gasteiger partial charge in [0.05, 0.1) is 24.5 Å². The Kier molecular flexibility index (Phi) is 7.85. The van der Waals surface area contributed by atoms with Crippen LogP contribution in [-0.2, 0) is 18.4 Å². The van der Waals surface area contributed by atoms with Gasteiger partial charge in [0.2, 0.25) is 5.28 Å². The van der Waals surface area contributed by atoms with Crippen molar-refractivity contribution in [3.63, 3.8) is 0 Å². The van der Waals surface area contributed by atoms with Crippen molar-refractivity contribution in [2.75, 3.05) is 24.0 Å². The lowest BCUT2D eigenvalue weighted by atomic mass is 10.0. The Morgan fingerprint density at radius 1 is 1.18 bits per heavy atom. The quantitative estimate of drug-likeness (QED) is 0.232. The number of halogens is 2. The first kappa shape index (κ1) is 28.5. The SMILES string of the molecule is O=P(O)(O)CP(=O)(O)OCC1OC(c2cnc3c(N4CCC[C@H]4c4ccccc4F)nc(Cl)nn23)C(O)C1O. The molecule has 2 aromatic heterocycles. The highest BCUT2D eigenvalue weighted by Crippen LogP contribution is 2.55. The molecule has 212 valence electrons. The van der Waals surface area contributed by atoms with Crippen LogP contribution in [0.2, 0.25) is 5.28 Å². The van der Waals surface area contributed by atoms with Gasteiger partial charge < -0.3 is 39.1 Å². The molecule has 0 radical (unpaired) electrons. The summed E-state index contributed by atoms with van der Waals surface area (Å²) in [4.78, 5) is 38.2. The molecule has 2 saturated heterocycles. The van der Waals surface area contributed by atoms with Gasteiger partial charge in [-0.05, 0) is 30.5 Å². The minimum absolute atomic E-state index is 0.164. The van der Waals surface area contributed by atoms with Gasteiger partial charge in [-0.25, -0.2) is 13.9 Å². The van der Waals surface area contributed by atoms with Crippen LogP contribution in [0.25, 0.3) is 5.65 Å². The van der Waals surface area contributed by atoms with Crippen molar-refractivity contribution in [2.24, 2.45) is 0 Å². The minimum Gasteiger partial charge on any atom is -0.387 e. The van der Waals surface area contributed by atoms with E-state index >= 15 is 0 Å². The van der Waals surface area contributed by atoms with Crippen LogP contribution in [-0.4, -0.2) is 81.8 Å². The number of hydrogen-bond donors (Lipinski definition) is 5. The second-order valence-electron chi connectivity index (χ2n) is 9.31. The number of rotatable bonds is 8. The molecule has 2 aliphatic heterocycles. The number of nitrogens with zero attached hydrogens (tertiary/aromatic N) is 5. The molecule has 2 aliphatic rings. The van der Waals surface area contributed by atoms with Crippen molar-refractivity contribution in [3.8, 4) is 0 Å². The van der Waals surface area contributed by atoms with E-state index in [1.54, 1.807) is 18.2 Å². The lowest BCUT2D eigenvalue weighted by Gasteiger charge is -2.26. The van der Waals surface area contributed by atoms with E-state index in [-0.39, 0.29) is 28.5 Å². The van der Waals surface area contributed by atoms with Gasteiger partial charge in [0.15, 0.2) is 17.4 Å². The lowest BCUT2D eigenvalue weighted by Crippen LogP contribution is -2.33. The molecule has 0 saturated carbocycles. The monoisotopic (exact) mass is 607 g/mol. The van der Waals surface area contributed by atoms with Crippen LogP contribution in [0.5, 0.6) is 0 Å². The third-order valence-electron chi connectivity index (χ3n) is 6.59. The lowest BCUT2D eigenvalue weighted by molar-refractivity contribution is -0.0204. The van der Waals surface area contributed by atoms with Crippen LogP contribution >= 0.6 is 26.8 Å². The molecule has 5 unspecified atom stereocenters. The summed E-state index contributed by atoms with van der Waals surface area (Å²) in [5, 5.41) is 25.2. The van der Waals surface area contributed by atoms with Gasteiger partial charge in [-0.3, -0.25) is 9.13 Å². The van der Waals surface area contributed by atoms with E-state index in [2.05, 4.69) is 15.1 Å². The maximum atomic E-state index is 14.6. The van der Waals surface area contributed by atoms with Gasteiger partial charge in [-0.2, -0.15) is 4.98 Å². The van der Waals surface area contributed by atoms with E-state index in [9.17, 15) is 28.6 Å². The molecule has 0 spiro atoms. The van der Waals surface area contributed by atoms with E-state index in [1.807, 2.05) is 4.90 Å². The summed E-state index contributed by atoms with van der Waals surface area (Å²) in [6, 6.07) is 6.10. The maximum absolute atomic E-state index is 14.6. The molecule has 5 N–H and O–H groups in total. The molecule has 5 rings (SSSR count). The number of anilines is 1. The molecular formula is C21H25ClFN5O9P2. The maximum Gasteiger partial charge on any atom is 0.340 e. The normalized spacial score (nSPS) is 27.4. The van der Waals surface area contributed by atoms with Crippen LogP contribution in [0.1, 0.15) is 36.2 Å². The summed E-state index contributed by atoms with van der Waals surface area (Å²) in [6.07, 6.45) is -2.93. The van der Waals surface area contributed by atoms with Crippen LogP contribution in [0.3, 0.4) is 0 Å². The van der Waals surface area contributed by atoms with Gasteiger partial charge >= 0.3 is 15.2 Å². The summed E-state index contributed by atoms with van der Waals surface area (Å²) >= 11 is 6.24. The van der Waals surface area contributed by atoms with Gasteiger partial charge in [0, 0.05) is 12.1 Å². The molecule has 0 bridgehead atoms. The predicted octanol–water partition coefficient (Wildman–Crippen LogP) is 1.76. The highest BCUT2D eigenvalue weighted by Gasteiger charge is 2.46. The molecule has 3 aromatic rings. The Morgan fingerprint density at radius 2 is 1.92 bits per heavy atom. The molecular weight excluding hydrogens is 583 g/mol. The van der Waals surface area contributed by atoms with Gasteiger partial charge in [0.25, 0.3) is 0 Å². The van der Waals surface area contributed by atoms with Gasteiger partial charge in [0.1, 0.15) is 30.2 Å². The Bertz CT molecular complexity index is 1470. The zero-order valence-electron chi connectivity index (χ0n) is 20.1. The fraction of sp³-hybridized carbons (Fsp3) is 0.476. The number of hydrogen-bond acceptors (Lipinski definition) is 10. The van der Waals surface area contributed by atoms with Gasteiger partial charge in [-0.15, -0.1) is 5.10 Å². The first-order valence-corrected chi connectivity index (χ1v) is 15.7. The largest absolute Gasteiger partial charge is 0.387 e. The fourth-order valence-electron chi connectivity index (χ4n) is 4.93. The number of benzene rings is 1. The number of aromatic nitrogens is 4. The number of aliphatic hydroxyl groups is 2. The molecule has 2 fully saturated rings. The summed E-state index contributed by atoms with van der Waals surface area (Å²) in [5.74, 6) is -1.43. The van der Waals surface area contributed by atoms with E-state index in [4.69, 9.17) is 30.6 Å². The van der Waals surface area contributed by atoms with E-state index in [0.717, 1.165) is 6.42 Å². The third kappa shape index (κ3) is 5.89. The molecule has 0 amide bonds. The van der Waals surface area contributed by atoms with Crippen molar-refractivity contribution >= 4 is 38.3 Å². The average Bonchev–Trinajstić information content (AvgIpc) is 3.55. The molecule has 14 nitrogen and oxygen atoms in total. The topological polar surface area (TPSA) is 200 Å². The van der Waals surface area contributed by atoms with Crippen LogP contribution in [0.4, 0.5) is 10.2 Å². The van der Waals surface area contributed by atoms with Crippen LogP contribution in [0, 0.1) is 5.82 Å². The zero-order chi connectivity index (χ0) is 28.1. The zero-order valence-corrected chi connectivity index (χ0v) is 22.6. The third-order valence-corrected chi connectivity index (χ3v) is 10.2. The predicted molar refractivity (Wildman–Crippen MR) is 134 cm³/mol. The molecule has 39 heavy (non-hydrogen) atoms. The first-order chi connectivity index (χ1) is 18.3. The van der Waals surface area contributed by atoms with Crippen molar-refractivity contribution in [1.82, 2.24) is 19.6 Å². The number of imidazole rings is 1. The van der Waals surface area contributed by atoms with Crippen molar-refractivity contribution in [1.29, 1.82) is 0 Å². The summed E-state index contributed by atoms with van der Waals surface area (Å²) < 4.78 is 49.4. The number of fused-ring (bicyclic) bond motifs is 1. The standard InChI is InChI=1S/C21H25ClFN5O9P2/c22-21-25-20(27-7-3-6-13(27)11-4-1-2-5-12(11)23)19-24-8-14(28(19)26-21)18-17(30)16(29)15(37-18)9-36-39(34,35)10-38(31,32)33/h1-2,4-5,8,13,15-18,29-30H,3,6-7,9-10H2,(H,34,35)(H2,31,32,33)/t13-,15?,16?,17?,18?/m0/s1. The Morgan fingerprint density at radius 3 is 2.64 bits per heavy atom. The summed E-state index contributed by atoms with van der Waals surface area (Å²) in [5.41, 5.74) is 0.910. The highest BCUT2D eigenvalue weighted by atomic mass is 35.5. The molecule has 18 heteroatoms. The second-order valence-corrected chi connectivity index (χ2v) is 13.6. The Labute approximate surface area is 225 Å². The smallest absolute Gasteiger partial charge is 0.340 e. The van der Waals surface area contributed by atoms with E-state index in [1.165, 1.54) is 16.8 Å². The summed E-state index contributed by atoms with van der Waals surface area (Å²) in [6.45, 7) is -0.195. The second kappa shape index (κ2) is 10.7. The van der Waals surface area contributed by atoms with Crippen molar-refractivity contribution in [3.05, 3.63) is 52.8 Å². The average molecular weight is 608 g/mol. The highest BCUT2D eigenvalue weighted by molar-refractivity contribution is 7.70. The van der Waals surface area contributed by atoms with Crippen molar-refractivity contribution < 1.29 is 47.7 Å². The fourth-order valence-corrected chi connectivity index (χ4v) is 7.65. The first-order valence-electron chi connectivity index (χ1n) is 11.8. The minimum atomic E-state index is -4.85. The number of ether oxygens (including phenoxy) is 1. The Balaban J connectivity index is 1.42. The molecule has 1 aromatic carbocycles. The van der Waals surface area contributed by atoms with Gasteiger partial charge in [-0.1, -0.05) is 18.2 Å². The van der Waals surface area contributed by atoms with Crippen LogP contribution < -0.4 is 4.90 Å². The van der Waals surface area contributed by atoms with E-state index in [0.29, 0.717) is 24.3 Å². The molecule has 6 atom stereocenters.